The van der Waals surface area contributed by atoms with Crippen LogP contribution in [0.1, 0.15) is 54.8 Å². The van der Waals surface area contributed by atoms with Gasteiger partial charge in [0.15, 0.2) is 0 Å². The first-order valence-corrected chi connectivity index (χ1v) is 13.2. The maximum atomic E-state index is 13.2. The molecular formula is C28H30N2O3S. The van der Waals surface area contributed by atoms with Crippen LogP contribution in [0.15, 0.2) is 83.8 Å². The van der Waals surface area contributed by atoms with E-state index in [1.165, 1.54) is 5.56 Å². The predicted octanol–water partition coefficient (Wildman–Crippen LogP) is 6.45. The smallest absolute Gasteiger partial charge is 0.261 e. The van der Waals surface area contributed by atoms with Crippen LogP contribution in [0.5, 0.6) is 5.75 Å². The van der Waals surface area contributed by atoms with E-state index in [4.69, 9.17) is 4.74 Å². The molecular weight excluding hydrogens is 444 g/mol. The van der Waals surface area contributed by atoms with Gasteiger partial charge in [-0.2, -0.15) is 0 Å². The maximum absolute atomic E-state index is 13.2. The molecule has 0 saturated carbocycles. The molecule has 0 saturated heterocycles. The summed E-state index contributed by atoms with van der Waals surface area (Å²) in [4.78, 5) is 0.274. The number of sulfonamides is 1. The second-order valence-electron chi connectivity index (χ2n) is 9.35. The van der Waals surface area contributed by atoms with Crippen LogP contribution in [0, 0.1) is 5.92 Å². The average molecular weight is 475 g/mol. The standard InChI is InChI=1S/C28H30N2O3S/c1-18(2)19-11-13-20(14-12-19)30-34(31,32)21-15-16-26-25(17-21)22-8-6-9-23(22)28(29-26)24-7-4-5-10-27(24)33-3/h4-8,10-18,22-23,28-30H,9H2,1-3H3/t22-,23+,28-/m0/s1. The quantitative estimate of drug-likeness (QED) is 0.403. The second kappa shape index (κ2) is 8.84. The van der Waals surface area contributed by atoms with Crippen molar-refractivity contribution < 1.29 is 13.2 Å². The number of anilines is 2. The van der Waals surface area contributed by atoms with Crippen molar-refractivity contribution in [3.8, 4) is 5.75 Å². The summed E-state index contributed by atoms with van der Waals surface area (Å²) >= 11 is 0. The fourth-order valence-corrected chi connectivity index (χ4v) is 6.21. The van der Waals surface area contributed by atoms with Crippen molar-refractivity contribution >= 4 is 21.4 Å². The van der Waals surface area contributed by atoms with Crippen molar-refractivity contribution in [3.05, 3.63) is 95.6 Å². The SMILES string of the molecule is COc1ccccc1[C@H]1Nc2ccc(S(=O)(=O)Nc3ccc(C(C)C)cc3)cc2[C@H]2C=CC[C@H]21. The Hall–Kier alpha value is -3.25. The molecule has 1 aliphatic heterocycles. The average Bonchev–Trinajstić information content (AvgIpc) is 3.34. The summed E-state index contributed by atoms with van der Waals surface area (Å²) in [7, 11) is -2.01. The van der Waals surface area contributed by atoms with Crippen molar-refractivity contribution in [1.82, 2.24) is 0 Å². The summed E-state index contributed by atoms with van der Waals surface area (Å²) in [5, 5.41) is 3.67. The van der Waals surface area contributed by atoms with E-state index in [9.17, 15) is 8.42 Å². The fraction of sp³-hybridized carbons (Fsp3) is 0.286. The minimum Gasteiger partial charge on any atom is -0.496 e. The molecule has 3 aromatic carbocycles. The first-order valence-electron chi connectivity index (χ1n) is 11.7. The summed E-state index contributed by atoms with van der Waals surface area (Å²) in [6, 6.07) is 21.1. The van der Waals surface area contributed by atoms with Gasteiger partial charge in [-0.3, -0.25) is 4.72 Å². The van der Waals surface area contributed by atoms with Crippen molar-refractivity contribution in [1.29, 1.82) is 0 Å². The molecule has 176 valence electrons. The highest BCUT2D eigenvalue weighted by Crippen LogP contribution is 2.51. The van der Waals surface area contributed by atoms with Crippen LogP contribution in [-0.4, -0.2) is 15.5 Å². The lowest BCUT2D eigenvalue weighted by atomic mass is 9.77. The Morgan fingerprint density at radius 3 is 2.50 bits per heavy atom. The van der Waals surface area contributed by atoms with Crippen molar-refractivity contribution in [3.63, 3.8) is 0 Å². The molecule has 0 amide bonds. The van der Waals surface area contributed by atoms with Crippen LogP contribution in [-0.2, 0) is 10.0 Å². The molecule has 6 heteroatoms. The molecule has 0 bridgehead atoms. The Labute approximate surface area is 201 Å². The van der Waals surface area contributed by atoms with Gasteiger partial charge in [-0.05, 0) is 65.8 Å². The van der Waals surface area contributed by atoms with Gasteiger partial charge in [-0.1, -0.05) is 56.3 Å². The molecule has 0 radical (unpaired) electrons. The maximum Gasteiger partial charge on any atom is 0.261 e. The summed E-state index contributed by atoms with van der Waals surface area (Å²) in [6.45, 7) is 4.23. The highest BCUT2D eigenvalue weighted by molar-refractivity contribution is 7.92. The Bertz CT molecular complexity index is 1330. The zero-order valence-corrected chi connectivity index (χ0v) is 20.5. The molecule has 2 N–H and O–H groups in total. The Morgan fingerprint density at radius 2 is 1.76 bits per heavy atom. The molecule has 0 unspecified atom stereocenters. The number of nitrogens with one attached hydrogen (secondary N) is 2. The molecule has 0 fully saturated rings. The molecule has 3 atom stereocenters. The van der Waals surface area contributed by atoms with Gasteiger partial charge in [-0.25, -0.2) is 8.42 Å². The van der Waals surface area contributed by atoms with Crippen LogP contribution >= 0.6 is 0 Å². The first-order chi connectivity index (χ1) is 16.4. The van der Waals surface area contributed by atoms with E-state index >= 15 is 0 Å². The van der Waals surface area contributed by atoms with E-state index in [0.29, 0.717) is 17.5 Å². The van der Waals surface area contributed by atoms with Crippen molar-refractivity contribution in [2.24, 2.45) is 5.92 Å². The summed E-state index contributed by atoms with van der Waals surface area (Å²) in [5.41, 5.74) is 4.84. The topological polar surface area (TPSA) is 67.4 Å². The number of rotatable bonds is 6. The third-order valence-electron chi connectivity index (χ3n) is 6.95. The van der Waals surface area contributed by atoms with Crippen LogP contribution in [0.2, 0.25) is 0 Å². The number of allylic oxidation sites excluding steroid dienone is 2. The molecule has 5 nitrogen and oxygen atoms in total. The number of methoxy groups -OCH3 is 1. The molecule has 3 aromatic rings. The zero-order valence-electron chi connectivity index (χ0n) is 19.7. The van der Waals surface area contributed by atoms with E-state index in [-0.39, 0.29) is 16.9 Å². The van der Waals surface area contributed by atoms with Crippen LogP contribution in [0.3, 0.4) is 0 Å². The predicted molar refractivity (Wildman–Crippen MR) is 137 cm³/mol. The molecule has 0 spiro atoms. The number of ether oxygens (including phenoxy) is 1. The van der Waals surface area contributed by atoms with E-state index in [1.807, 2.05) is 54.6 Å². The van der Waals surface area contributed by atoms with Gasteiger partial charge < -0.3 is 10.1 Å². The van der Waals surface area contributed by atoms with Gasteiger partial charge in [0.1, 0.15) is 5.75 Å². The van der Waals surface area contributed by atoms with Gasteiger partial charge in [0, 0.05) is 22.9 Å². The van der Waals surface area contributed by atoms with Crippen LogP contribution < -0.4 is 14.8 Å². The van der Waals surface area contributed by atoms with E-state index in [1.54, 1.807) is 13.2 Å². The molecule has 5 rings (SSSR count). The lowest BCUT2D eigenvalue weighted by Crippen LogP contribution is -2.29. The number of hydrogen-bond donors (Lipinski definition) is 2. The molecule has 2 aliphatic rings. The number of fused-ring (bicyclic) bond motifs is 3. The molecule has 1 heterocycles. The van der Waals surface area contributed by atoms with Crippen LogP contribution in [0.25, 0.3) is 0 Å². The van der Waals surface area contributed by atoms with Crippen LogP contribution in [0.4, 0.5) is 11.4 Å². The molecule has 1 aliphatic carbocycles. The van der Waals surface area contributed by atoms with Gasteiger partial charge >= 0.3 is 0 Å². The van der Waals surface area contributed by atoms with Gasteiger partial charge in [-0.15, -0.1) is 0 Å². The van der Waals surface area contributed by atoms with E-state index < -0.39 is 10.0 Å². The summed E-state index contributed by atoms with van der Waals surface area (Å²) < 4.78 is 34.8. The van der Waals surface area contributed by atoms with Crippen molar-refractivity contribution in [2.45, 2.75) is 43.0 Å². The zero-order chi connectivity index (χ0) is 23.9. The minimum atomic E-state index is -3.71. The highest BCUT2D eigenvalue weighted by atomic mass is 32.2. The number of para-hydroxylation sites is 1. The van der Waals surface area contributed by atoms with Gasteiger partial charge in [0.25, 0.3) is 10.0 Å². The Kier molecular flexibility index (Phi) is 5.86. The van der Waals surface area contributed by atoms with E-state index in [2.05, 4.69) is 42.1 Å². The van der Waals surface area contributed by atoms with Crippen molar-refractivity contribution in [2.75, 3.05) is 17.1 Å². The monoisotopic (exact) mass is 474 g/mol. The van der Waals surface area contributed by atoms with E-state index in [0.717, 1.165) is 29.0 Å². The highest BCUT2D eigenvalue weighted by Gasteiger charge is 2.39. The van der Waals surface area contributed by atoms with Gasteiger partial charge in [0.2, 0.25) is 0 Å². The minimum absolute atomic E-state index is 0.0868. The third-order valence-corrected chi connectivity index (χ3v) is 8.33. The summed E-state index contributed by atoms with van der Waals surface area (Å²) in [5.74, 6) is 1.69. The van der Waals surface area contributed by atoms with Gasteiger partial charge in [0.05, 0.1) is 18.0 Å². The molecule has 34 heavy (non-hydrogen) atoms. The Balaban J connectivity index is 1.46. The number of hydrogen-bond acceptors (Lipinski definition) is 4. The summed E-state index contributed by atoms with van der Waals surface area (Å²) in [6.07, 6.45) is 5.34. The largest absolute Gasteiger partial charge is 0.496 e. The molecule has 0 aromatic heterocycles. The lowest BCUT2D eigenvalue weighted by Gasteiger charge is -2.38. The normalized spacial score (nSPS) is 21.0. The lowest BCUT2D eigenvalue weighted by molar-refractivity contribution is 0.381. The number of benzene rings is 3. The Morgan fingerprint density at radius 1 is 1.00 bits per heavy atom. The second-order valence-corrected chi connectivity index (χ2v) is 11.0. The fourth-order valence-electron chi connectivity index (χ4n) is 5.12. The third kappa shape index (κ3) is 4.07. The first kappa shape index (κ1) is 22.5.